The van der Waals surface area contributed by atoms with Crippen molar-refractivity contribution in [1.82, 2.24) is 14.4 Å². The molecule has 3 aromatic heterocycles. The van der Waals surface area contributed by atoms with Gasteiger partial charge >= 0.3 is 0 Å². The first-order valence-corrected chi connectivity index (χ1v) is 8.76. The summed E-state index contributed by atoms with van der Waals surface area (Å²) in [6, 6.07) is 8.78. The van der Waals surface area contributed by atoms with Crippen LogP contribution in [0.25, 0.3) is 26.4 Å². The molecule has 3 N–H and O–H groups in total. The smallest absolute Gasteiger partial charge is 0.181 e. The third kappa shape index (κ3) is 2.53. The first-order valence-electron chi connectivity index (χ1n) is 7.95. The molecule has 3 heterocycles. The van der Waals surface area contributed by atoms with Gasteiger partial charge in [-0.05, 0) is 25.5 Å². The highest BCUT2D eigenvalue weighted by Gasteiger charge is 2.13. The van der Waals surface area contributed by atoms with Gasteiger partial charge in [-0.3, -0.25) is 4.40 Å². The van der Waals surface area contributed by atoms with E-state index in [-0.39, 0.29) is 0 Å². The van der Waals surface area contributed by atoms with Crippen molar-refractivity contribution in [1.29, 1.82) is 0 Å². The van der Waals surface area contributed by atoms with Crippen LogP contribution in [0.5, 0.6) is 0 Å². The lowest BCUT2D eigenvalue weighted by atomic mass is 10.1. The summed E-state index contributed by atoms with van der Waals surface area (Å²) >= 11 is 1.74. The van der Waals surface area contributed by atoms with E-state index in [4.69, 9.17) is 10.7 Å². The van der Waals surface area contributed by atoms with Crippen molar-refractivity contribution in [2.45, 2.75) is 13.8 Å². The molecule has 0 aliphatic carbocycles. The highest BCUT2D eigenvalue weighted by atomic mass is 32.1. The maximum absolute atomic E-state index is 5.60. The molecule has 0 aliphatic heterocycles. The SMILES string of the molecule is Cc1cc(C)cc(-c2cc3nc(NCCN)c4nccn4c3s2)c1. The summed E-state index contributed by atoms with van der Waals surface area (Å²) in [5.41, 5.74) is 11.2. The monoisotopic (exact) mass is 337 g/mol. The predicted molar refractivity (Wildman–Crippen MR) is 101 cm³/mol. The number of aryl methyl sites for hydroxylation is 2. The van der Waals surface area contributed by atoms with Gasteiger partial charge in [-0.15, -0.1) is 11.3 Å². The Morgan fingerprint density at radius 3 is 2.71 bits per heavy atom. The minimum absolute atomic E-state index is 0.560. The van der Waals surface area contributed by atoms with E-state index in [9.17, 15) is 0 Å². The molecule has 0 atom stereocenters. The number of aromatic nitrogens is 3. The van der Waals surface area contributed by atoms with Gasteiger partial charge < -0.3 is 11.1 Å². The number of nitrogens with one attached hydrogen (secondary N) is 1. The van der Waals surface area contributed by atoms with Crippen molar-refractivity contribution in [2.24, 2.45) is 5.73 Å². The molecular weight excluding hydrogens is 318 g/mol. The normalized spacial score (nSPS) is 11.5. The van der Waals surface area contributed by atoms with Crippen molar-refractivity contribution in [3.63, 3.8) is 0 Å². The molecule has 0 bridgehead atoms. The lowest BCUT2D eigenvalue weighted by Crippen LogP contribution is -2.14. The zero-order valence-corrected chi connectivity index (χ0v) is 14.5. The van der Waals surface area contributed by atoms with Crippen molar-refractivity contribution in [3.8, 4) is 10.4 Å². The van der Waals surface area contributed by atoms with E-state index in [1.165, 1.54) is 21.6 Å². The number of imidazole rings is 1. The van der Waals surface area contributed by atoms with E-state index in [1.807, 2.05) is 6.20 Å². The van der Waals surface area contributed by atoms with Crippen molar-refractivity contribution < 1.29 is 0 Å². The Balaban J connectivity index is 1.91. The third-order valence-electron chi connectivity index (χ3n) is 3.94. The maximum atomic E-state index is 5.60. The average molecular weight is 337 g/mol. The Morgan fingerprint density at radius 1 is 1.17 bits per heavy atom. The standard InChI is InChI=1S/C18H19N5S/c1-11-7-12(2)9-13(8-11)15-10-14-18(24-15)23-6-5-21-17(23)16(22-14)20-4-3-19/h5-10H,3-4,19H2,1-2H3,(H,20,22). The number of benzene rings is 1. The molecule has 0 saturated heterocycles. The van der Waals surface area contributed by atoms with Crippen LogP contribution in [-0.4, -0.2) is 27.5 Å². The van der Waals surface area contributed by atoms with Gasteiger partial charge in [0.15, 0.2) is 11.5 Å². The molecule has 4 rings (SSSR count). The van der Waals surface area contributed by atoms with E-state index < -0.39 is 0 Å². The highest BCUT2D eigenvalue weighted by Crippen LogP contribution is 2.35. The van der Waals surface area contributed by atoms with Crippen LogP contribution in [0.4, 0.5) is 5.82 Å². The Morgan fingerprint density at radius 2 is 1.96 bits per heavy atom. The number of nitrogens with zero attached hydrogens (tertiary/aromatic N) is 3. The molecule has 6 heteroatoms. The van der Waals surface area contributed by atoms with Gasteiger partial charge in [0.2, 0.25) is 0 Å². The minimum atomic E-state index is 0.560. The number of nitrogens with two attached hydrogens (primary N) is 1. The van der Waals surface area contributed by atoms with Crippen LogP contribution in [0.1, 0.15) is 11.1 Å². The molecule has 0 fully saturated rings. The van der Waals surface area contributed by atoms with Crippen LogP contribution < -0.4 is 11.1 Å². The Bertz CT molecular complexity index is 1010. The number of rotatable bonds is 4. The van der Waals surface area contributed by atoms with Gasteiger partial charge in [-0.25, -0.2) is 9.97 Å². The van der Waals surface area contributed by atoms with E-state index >= 15 is 0 Å². The summed E-state index contributed by atoms with van der Waals surface area (Å²) in [5.74, 6) is 0.780. The molecule has 4 aromatic rings. The lowest BCUT2D eigenvalue weighted by Gasteiger charge is -2.06. The van der Waals surface area contributed by atoms with Gasteiger partial charge in [0.1, 0.15) is 10.3 Å². The highest BCUT2D eigenvalue weighted by molar-refractivity contribution is 7.21. The van der Waals surface area contributed by atoms with Crippen LogP contribution in [0, 0.1) is 13.8 Å². The first kappa shape index (κ1) is 15.1. The summed E-state index contributed by atoms with van der Waals surface area (Å²) in [6.07, 6.45) is 3.79. The summed E-state index contributed by atoms with van der Waals surface area (Å²) in [6.45, 7) is 5.50. The molecule has 0 radical (unpaired) electrons. The van der Waals surface area contributed by atoms with Gasteiger partial charge in [0.25, 0.3) is 0 Å². The van der Waals surface area contributed by atoms with Crippen LogP contribution in [0.2, 0.25) is 0 Å². The molecular formula is C18H19N5S. The molecule has 0 aliphatic rings. The second-order valence-corrected chi connectivity index (χ2v) is 7.00. The van der Waals surface area contributed by atoms with E-state index in [0.29, 0.717) is 13.1 Å². The Kier molecular flexibility index (Phi) is 3.70. The zero-order valence-electron chi connectivity index (χ0n) is 13.7. The van der Waals surface area contributed by atoms with Gasteiger partial charge in [-0.1, -0.05) is 29.3 Å². The number of fused-ring (bicyclic) bond motifs is 3. The topological polar surface area (TPSA) is 68.2 Å². The minimum Gasteiger partial charge on any atom is -0.366 e. The molecule has 5 nitrogen and oxygen atoms in total. The molecule has 24 heavy (non-hydrogen) atoms. The van der Waals surface area contributed by atoms with E-state index in [2.05, 4.69) is 52.8 Å². The van der Waals surface area contributed by atoms with Crippen LogP contribution in [-0.2, 0) is 0 Å². The molecule has 0 spiro atoms. The second-order valence-electron chi connectivity index (χ2n) is 5.97. The first-order chi connectivity index (χ1) is 11.7. The van der Waals surface area contributed by atoms with Gasteiger partial charge in [-0.2, -0.15) is 0 Å². The maximum Gasteiger partial charge on any atom is 0.181 e. The number of thiophene rings is 1. The third-order valence-corrected chi connectivity index (χ3v) is 5.11. The fourth-order valence-corrected chi connectivity index (χ4v) is 4.08. The summed E-state index contributed by atoms with van der Waals surface area (Å²) in [5, 5.41) is 3.27. The van der Waals surface area contributed by atoms with Crippen molar-refractivity contribution >= 4 is 33.1 Å². The quantitative estimate of drug-likeness (QED) is 0.597. The van der Waals surface area contributed by atoms with Crippen LogP contribution in [0.15, 0.2) is 36.7 Å². The largest absolute Gasteiger partial charge is 0.366 e. The average Bonchev–Trinajstić information content (AvgIpc) is 3.17. The zero-order chi connectivity index (χ0) is 16.7. The summed E-state index contributed by atoms with van der Waals surface area (Å²) in [4.78, 5) is 11.5. The molecule has 0 unspecified atom stereocenters. The van der Waals surface area contributed by atoms with E-state index in [1.54, 1.807) is 17.5 Å². The molecule has 1 aromatic carbocycles. The van der Waals surface area contributed by atoms with Gasteiger partial charge in [0.05, 0.1) is 0 Å². The number of hydrogen-bond donors (Lipinski definition) is 2. The molecule has 0 amide bonds. The molecule has 122 valence electrons. The van der Waals surface area contributed by atoms with Crippen molar-refractivity contribution in [2.75, 3.05) is 18.4 Å². The fraction of sp³-hybridized carbons (Fsp3) is 0.222. The lowest BCUT2D eigenvalue weighted by molar-refractivity contribution is 1.01. The van der Waals surface area contributed by atoms with Gasteiger partial charge in [0, 0.05) is 30.4 Å². The number of anilines is 1. The second kappa shape index (κ2) is 5.89. The van der Waals surface area contributed by atoms with Crippen LogP contribution in [0.3, 0.4) is 0 Å². The molecule has 0 saturated carbocycles. The number of hydrogen-bond acceptors (Lipinski definition) is 5. The van der Waals surface area contributed by atoms with Crippen molar-refractivity contribution in [3.05, 3.63) is 47.8 Å². The fourth-order valence-electron chi connectivity index (χ4n) is 3.01. The van der Waals surface area contributed by atoms with E-state index in [0.717, 1.165) is 21.8 Å². The van der Waals surface area contributed by atoms with Crippen LogP contribution >= 0.6 is 11.3 Å². The predicted octanol–water partition coefficient (Wildman–Crippen LogP) is 3.60. The Hall–Kier alpha value is -2.44. The Labute approximate surface area is 144 Å². The summed E-state index contributed by atoms with van der Waals surface area (Å²) in [7, 11) is 0. The summed E-state index contributed by atoms with van der Waals surface area (Å²) < 4.78 is 2.10.